The third-order valence-corrected chi connectivity index (χ3v) is 4.07. The smallest absolute Gasteiger partial charge is 0.274 e. The second-order valence-corrected chi connectivity index (χ2v) is 6.24. The fourth-order valence-corrected chi connectivity index (χ4v) is 2.86. The molecule has 130 valence electrons. The monoisotopic (exact) mass is 339 g/mol. The molecule has 0 radical (unpaired) electrons. The highest BCUT2D eigenvalue weighted by molar-refractivity contribution is 5.88. The van der Waals surface area contributed by atoms with Crippen LogP contribution in [0.5, 0.6) is 0 Å². The summed E-state index contributed by atoms with van der Waals surface area (Å²) in [6, 6.07) is 9.34. The lowest BCUT2D eigenvalue weighted by atomic mass is 10.1. The maximum absolute atomic E-state index is 12.4. The molecule has 1 amide bonds. The van der Waals surface area contributed by atoms with Gasteiger partial charge in [-0.15, -0.1) is 0 Å². The third-order valence-electron chi connectivity index (χ3n) is 4.07. The van der Waals surface area contributed by atoms with Gasteiger partial charge < -0.3 is 5.32 Å². The lowest BCUT2D eigenvalue weighted by molar-refractivity contribution is -0.120. The number of aryl methyl sites for hydroxylation is 1. The summed E-state index contributed by atoms with van der Waals surface area (Å²) in [5, 5.41) is 12.7. The summed E-state index contributed by atoms with van der Waals surface area (Å²) in [7, 11) is 1.59. The van der Waals surface area contributed by atoms with Gasteiger partial charge in [-0.1, -0.05) is 18.2 Å². The fourth-order valence-electron chi connectivity index (χ4n) is 2.86. The van der Waals surface area contributed by atoms with Crippen molar-refractivity contribution in [2.45, 2.75) is 32.9 Å². The zero-order chi connectivity index (χ0) is 18.0. The number of fused-ring (bicyclic) bond motifs is 1. The molecule has 3 aromatic rings. The molecule has 0 fully saturated rings. The van der Waals surface area contributed by atoms with E-state index in [9.17, 15) is 9.59 Å². The molecule has 0 aliphatic carbocycles. The second-order valence-electron chi connectivity index (χ2n) is 6.24. The number of rotatable bonds is 5. The van der Waals surface area contributed by atoms with Gasteiger partial charge in [0.25, 0.3) is 5.56 Å². The van der Waals surface area contributed by atoms with Crippen molar-refractivity contribution < 1.29 is 4.79 Å². The summed E-state index contributed by atoms with van der Waals surface area (Å²) < 4.78 is 3.15. The average Bonchev–Trinajstić information content (AvgIpc) is 3.06. The lowest BCUT2D eigenvalue weighted by Crippen LogP contribution is -2.28. The zero-order valence-corrected chi connectivity index (χ0v) is 14.6. The molecule has 2 heterocycles. The Balaban J connectivity index is 1.78. The van der Waals surface area contributed by atoms with Crippen LogP contribution in [0.4, 0.5) is 0 Å². The number of amides is 1. The van der Waals surface area contributed by atoms with Crippen molar-refractivity contribution in [3.05, 3.63) is 58.3 Å². The van der Waals surface area contributed by atoms with E-state index >= 15 is 0 Å². The summed E-state index contributed by atoms with van der Waals surface area (Å²) in [5.74, 6) is -0.146. The van der Waals surface area contributed by atoms with E-state index in [2.05, 4.69) is 15.5 Å². The molecule has 0 aliphatic heterocycles. The Morgan fingerprint density at radius 1 is 1.20 bits per heavy atom. The van der Waals surface area contributed by atoms with Crippen LogP contribution in [0.15, 0.2) is 41.3 Å². The van der Waals surface area contributed by atoms with E-state index in [4.69, 9.17) is 0 Å². The normalized spacial score (nSPS) is 11.2. The van der Waals surface area contributed by atoms with E-state index in [-0.39, 0.29) is 23.9 Å². The highest BCUT2D eigenvalue weighted by Gasteiger charge is 2.13. The maximum Gasteiger partial charge on any atom is 0.274 e. The second kappa shape index (κ2) is 6.88. The number of carbonyl (C=O) groups excluding carboxylic acids is 1. The van der Waals surface area contributed by atoms with Crippen molar-refractivity contribution in [1.29, 1.82) is 0 Å². The molecule has 0 bridgehead atoms. The van der Waals surface area contributed by atoms with Crippen molar-refractivity contribution in [3.63, 3.8) is 0 Å². The van der Waals surface area contributed by atoms with Gasteiger partial charge in [-0.3, -0.25) is 14.3 Å². The first-order valence-corrected chi connectivity index (χ1v) is 8.21. The molecule has 0 spiro atoms. The van der Waals surface area contributed by atoms with Crippen molar-refractivity contribution in [2.75, 3.05) is 0 Å². The van der Waals surface area contributed by atoms with E-state index in [1.165, 1.54) is 4.68 Å². The molecule has 3 rings (SSSR count). The first-order chi connectivity index (χ1) is 12.0. The van der Waals surface area contributed by atoms with E-state index < -0.39 is 0 Å². The van der Waals surface area contributed by atoms with Gasteiger partial charge in [0.1, 0.15) is 0 Å². The Morgan fingerprint density at radius 3 is 2.64 bits per heavy atom. The third kappa shape index (κ3) is 3.45. The predicted octanol–water partition coefficient (Wildman–Crippen LogP) is 1.57. The van der Waals surface area contributed by atoms with Crippen LogP contribution < -0.4 is 10.9 Å². The molecule has 1 N–H and O–H groups in total. The Bertz CT molecular complexity index is 971. The SMILES string of the molecule is CC(C)n1nccc1CNC(=O)Cc1nn(C)c(=O)c2ccccc12. The van der Waals surface area contributed by atoms with Gasteiger partial charge in [0.05, 0.1) is 29.7 Å². The summed E-state index contributed by atoms with van der Waals surface area (Å²) in [5.41, 5.74) is 1.37. The number of benzene rings is 1. The molecular formula is C18H21N5O2. The predicted molar refractivity (Wildman–Crippen MR) is 95.1 cm³/mol. The van der Waals surface area contributed by atoms with Gasteiger partial charge in [-0.05, 0) is 26.0 Å². The number of hydrogen-bond acceptors (Lipinski definition) is 4. The molecular weight excluding hydrogens is 318 g/mol. The van der Waals surface area contributed by atoms with Crippen molar-refractivity contribution in [2.24, 2.45) is 7.05 Å². The number of nitrogens with one attached hydrogen (secondary N) is 1. The molecule has 1 aromatic carbocycles. The highest BCUT2D eigenvalue weighted by atomic mass is 16.1. The lowest BCUT2D eigenvalue weighted by Gasteiger charge is -2.12. The van der Waals surface area contributed by atoms with Gasteiger partial charge in [0, 0.05) is 24.7 Å². The van der Waals surface area contributed by atoms with Gasteiger partial charge in [-0.2, -0.15) is 10.2 Å². The molecule has 2 aromatic heterocycles. The maximum atomic E-state index is 12.4. The largest absolute Gasteiger partial charge is 0.350 e. The molecule has 0 unspecified atom stereocenters. The van der Waals surface area contributed by atoms with Gasteiger partial charge in [-0.25, -0.2) is 4.68 Å². The highest BCUT2D eigenvalue weighted by Crippen LogP contribution is 2.13. The summed E-state index contributed by atoms with van der Waals surface area (Å²) in [6.45, 7) is 4.48. The van der Waals surface area contributed by atoms with Crippen LogP contribution in [0, 0.1) is 0 Å². The Labute approximate surface area is 145 Å². The van der Waals surface area contributed by atoms with Gasteiger partial charge in [0.2, 0.25) is 5.91 Å². The van der Waals surface area contributed by atoms with Crippen LogP contribution >= 0.6 is 0 Å². The molecule has 7 heteroatoms. The summed E-state index contributed by atoms with van der Waals surface area (Å²) in [4.78, 5) is 24.5. The van der Waals surface area contributed by atoms with Crippen molar-refractivity contribution in [3.8, 4) is 0 Å². The van der Waals surface area contributed by atoms with Crippen LogP contribution in [-0.4, -0.2) is 25.5 Å². The van der Waals surface area contributed by atoms with Crippen LogP contribution in [-0.2, 0) is 24.8 Å². The van der Waals surface area contributed by atoms with Crippen molar-refractivity contribution >= 4 is 16.7 Å². The molecule has 0 saturated carbocycles. The molecule has 7 nitrogen and oxygen atoms in total. The Kier molecular flexibility index (Phi) is 4.65. The van der Waals surface area contributed by atoms with E-state index in [0.29, 0.717) is 23.0 Å². The number of carbonyl (C=O) groups is 1. The number of nitrogens with zero attached hydrogens (tertiary/aromatic N) is 4. The molecule has 0 aliphatic rings. The number of hydrogen-bond donors (Lipinski definition) is 1. The van der Waals surface area contributed by atoms with E-state index in [1.54, 1.807) is 25.4 Å². The summed E-state index contributed by atoms with van der Waals surface area (Å²) >= 11 is 0. The minimum absolute atomic E-state index is 0.116. The van der Waals surface area contributed by atoms with E-state index in [0.717, 1.165) is 5.69 Å². The summed E-state index contributed by atoms with van der Waals surface area (Å²) in [6.07, 6.45) is 1.84. The first kappa shape index (κ1) is 16.9. The van der Waals surface area contributed by atoms with Crippen LogP contribution in [0.3, 0.4) is 0 Å². The van der Waals surface area contributed by atoms with Gasteiger partial charge >= 0.3 is 0 Å². The van der Waals surface area contributed by atoms with Crippen LogP contribution in [0.1, 0.15) is 31.3 Å². The Hall–Kier alpha value is -2.96. The minimum Gasteiger partial charge on any atom is -0.350 e. The molecule has 0 atom stereocenters. The minimum atomic E-state index is -0.166. The quantitative estimate of drug-likeness (QED) is 0.765. The fraction of sp³-hybridized carbons (Fsp3) is 0.333. The first-order valence-electron chi connectivity index (χ1n) is 8.21. The zero-order valence-electron chi connectivity index (χ0n) is 14.6. The standard InChI is InChI=1S/C18H21N5O2/c1-12(2)23-13(8-9-20-23)11-19-17(24)10-16-14-6-4-5-7-15(14)18(25)22(3)21-16/h4-9,12H,10-11H2,1-3H3,(H,19,24). The van der Waals surface area contributed by atoms with Gasteiger partial charge in [0.15, 0.2) is 0 Å². The molecule has 25 heavy (non-hydrogen) atoms. The number of aromatic nitrogens is 4. The van der Waals surface area contributed by atoms with Crippen molar-refractivity contribution in [1.82, 2.24) is 24.9 Å². The van der Waals surface area contributed by atoms with E-state index in [1.807, 2.05) is 36.7 Å². The Morgan fingerprint density at radius 2 is 1.92 bits per heavy atom. The topological polar surface area (TPSA) is 81.8 Å². The van der Waals surface area contributed by atoms with Crippen LogP contribution in [0.25, 0.3) is 10.8 Å². The average molecular weight is 339 g/mol. The molecule has 0 saturated heterocycles. The van der Waals surface area contributed by atoms with Crippen LogP contribution in [0.2, 0.25) is 0 Å².